The van der Waals surface area contributed by atoms with Gasteiger partial charge >= 0.3 is 5.69 Å². The Kier molecular flexibility index (Phi) is 5.53. The van der Waals surface area contributed by atoms with Crippen molar-refractivity contribution in [2.75, 3.05) is 12.0 Å². The fourth-order valence-corrected chi connectivity index (χ4v) is 3.09. The second kappa shape index (κ2) is 6.48. The van der Waals surface area contributed by atoms with Crippen molar-refractivity contribution >= 4 is 23.4 Å². The van der Waals surface area contributed by atoms with E-state index in [-0.39, 0.29) is 22.7 Å². The lowest BCUT2D eigenvalue weighted by atomic mass is 10.1. The lowest BCUT2D eigenvalue weighted by Crippen LogP contribution is -2.41. The molecule has 1 unspecified atom stereocenters. The Morgan fingerprint density at radius 2 is 2.00 bits per heavy atom. The summed E-state index contributed by atoms with van der Waals surface area (Å²) in [5.41, 5.74) is -0.203. The second-order valence-corrected chi connectivity index (χ2v) is 5.79. The molecule has 1 atom stereocenters. The number of halogens is 1. The smallest absolute Gasteiger partial charge is 0.297 e. The van der Waals surface area contributed by atoms with E-state index >= 15 is 0 Å². The average Bonchev–Trinajstić information content (AvgIpc) is 2.26. The first kappa shape index (κ1) is 15.4. The minimum absolute atomic E-state index is 0.0140. The van der Waals surface area contributed by atoms with E-state index in [4.69, 9.17) is 11.6 Å². The predicted molar refractivity (Wildman–Crippen MR) is 78.1 cm³/mol. The molecule has 0 aromatic carbocycles. The molecule has 1 heterocycles. The summed E-state index contributed by atoms with van der Waals surface area (Å²) < 4.78 is 1.30. The highest BCUT2D eigenvalue weighted by Gasteiger charge is 2.20. The van der Waals surface area contributed by atoms with Crippen LogP contribution in [0.4, 0.5) is 0 Å². The first-order valence-electron chi connectivity index (χ1n) is 5.97. The Morgan fingerprint density at radius 3 is 2.44 bits per heavy atom. The second-order valence-electron chi connectivity index (χ2n) is 4.51. The van der Waals surface area contributed by atoms with Gasteiger partial charge in [-0.05, 0) is 18.6 Å². The number of nitrogens with one attached hydrogen (secondary N) is 1. The molecule has 1 N–H and O–H groups in total. The highest BCUT2D eigenvalue weighted by atomic mass is 35.5. The van der Waals surface area contributed by atoms with Crippen LogP contribution in [0.3, 0.4) is 0 Å². The Labute approximate surface area is 116 Å². The summed E-state index contributed by atoms with van der Waals surface area (Å²) in [5, 5.41) is 0.162. The molecule has 1 rings (SSSR count). The van der Waals surface area contributed by atoms with E-state index in [1.165, 1.54) is 4.57 Å². The van der Waals surface area contributed by atoms with Gasteiger partial charge in [0, 0.05) is 5.75 Å². The molecule has 102 valence electrons. The fourth-order valence-electron chi connectivity index (χ4n) is 1.94. The van der Waals surface area contributed by atoms with E-state index < -0.39 is 5.69 Å². The SMILES string of the molecule is CCC(CSC)n1c(=O)[nH]c(Cl)c(C(C)C)c1=O. The van der Waals surface area contributed by atoms with Crippen LogP contribution in [0.2, 0.25) is 5.15 Å². The van der Waals surface area contributed by atoms with Crippen molar-refractivity contribution in [1.29, 1.82) is 0 Å². The third-order valence-corrected chi connectivity index (χ3v) is 3.91. The van der Waals surface area contributed by atoms with Gasteiger partial charge in [-0.3, -0.25) is 14.3 Å². The van der Waals surface area contributed by atoms with Crippen LogP contribution in [0.25, 0.3) is 0 Å². The standard InChI is InChI=1S/C12H19ClN2O2S/c1-5-8(6-18-4)15-11(16)9(7(2)3)10(13)14-12(15)17/h7-8H,5-6H2,1-4H3,(H,14,17). The van der Waals surface area contributed by atoms with Gasteiger partial charge in [0.05, 0.1) is 11.6 Å². The molecule has 1 aromatic heterocycles. The van der Waals surface area contributed by atoms with E-state index in [0.717, 1.165) is 12.2 Å². The first-order valence-corrected chi connectivity index (χ1v) is 7.74. The molecular weight excluding hydrogens is 272 g/mol. The Balaban J connectivity index is 3.49. The molecule has 0 aliphatic carbocycles. The number of hydrogen-bond donors (Lipinski definition) is 1. The quantitative estimate of drug-likeness (QED) is 0.848. The molecule has 0 spiro atoms. The molecule has 1 aromatic rings. The zero-order valence-electron chi connectivity index (χ0n) is 11.1. The molecule has 0 saturated carbocycles. The van der Waals surface area contributed by atoms with Gasteiger partial charge in [0.2, 0.25) is 0 Å². The summed E-state index contributed by atoms with van der Waals surface area (Å²) in [6.45, 7) is 5.75. The maximum atomic E-state index is 12.4. The molecule has 0 amide bonds. The molecule has 0 saturated heterocycles. The van der Waals surface area contributed by atoms with E-state index in [0.29, 0.717) is 5.56 Å². The van der Waals surface area contributed by atoms with Crippen LogP contribution < -0.4 is 11.2 Å². The minimum Gasteiger partial charge on any atom is -0.297 e. The van der Waals surface area contributed by atoms with Crippen LogP contribution in [-0.4, -0.2) is 21.6 Å². The fraction of sp³-hybridized carbons (Fsp3) is 0.667. The largest absolute Gasteiger partial charge is 0.329 e. The topological polar surface area (TPSA) is 54.9 Å². The van der Waals surface area contributed by atoms with Crippen LogP contribution in [0.5, 0.6) is 0 Å². The summed E-state index contributed by atoms with van der Waals surface area (Å²) in [6, 6.07) is -0.0917. The Bertz CT molecular complexity index is 522. The zero-order valence-corrected chi connectivity index (χ0v) is 12.7. The molecule has 0 aliphatic heterocycles. The van der Waals surface area contributed by atoms with Crippen molar-refractivity contribution in [3.63, 3.8) is 0 Å². The minimum atomic E-state index is -0.421. The van der Waals surface area contributed by atoms with Gasteiger partial charge in [0.15, 0.2) is 0 Å². The average molecular weight is 291 g/mol. The highest BCUT2D eigenvalue weighted by Crippen LogP contribution is 2.19. The Morgan fingerprint density at radius 1 is 1.39 bits per heavy atom. The van der Waals surface area contributed by atoms with Gasteiger partial charge in [-0.1, -0.05) is 32.4 Å². The van der Waals surface area contributed by atoms with Crippen LogP contribution in [-0.2, 0) is 0 Å². The normalized spacial score (nSPS) is 13.0. The highest BCUT2D eigenvalue weighted by molar-refractivity contribution is 7.98. The molecule has 0 aliphatic rings. The molecule has 0 fully saturated rings. The van der Waals surface area contributed by atoms with Gasteiger partial charge in [0.1, 0.15) is 5.15 Å². The number of nitrogens with zero attached hydrogens (tertiary/aromatic N) is 1. The van der Waals surface area contributed by atoms with Gasteiger partial charge in [-0.15, -0.1) is 0 Å². The summed E-state index contributed by atoms with van der Waals surface area (Å²) in [5.74, 6) is 0.721. The van der Waals surface area contributed by atoms with Crippen molar-refractivity contribution in [2.24, 2.45) is 0 Å². The van der Waals surface area contributed by atoms with E-state index in [1.54, 1.807) is 11.8 Å². The monoisotopic (exact) mass is 290 g/mol. The lowest BCUT2D eigenvalue weighted by Gasteiger charge is -2.18. The molecular formula is C12H19ClN2O2S. The molecule has 4 nitrogen and oxygen atoms in total. The summed E-state index contributed by atoms with van der Waals surface area (Å²) in [6.07, 6.45) is 2.70. The van der Waals surface area contributed by atoms with Crippen LogP contribution in [0.15, 0.2) is 9.59 Å². The number of hydrogen-bond acceptors (Lipinski definition) is 3. The van der Waals surface area contributed by atoms with Crippen LogP contribution in [0, 0.1) is 0 Å². The van der Waals surface area contributed by atoms with Crippen molar-refractivity contribution < 1.29 is 0 Å². The van der Waals surface area contributed by atoms with E-state index in [9.17, 15) is 9.59 Å². The van der Waals surface area contributed by atoms with Crippen LogP contribution >= 0.6 is 23.4 Å². The van der Waals surface area contributed by atoms with Gasteiger partial charge in [0.25, 0.3) is 5.56 Å². The number of aromatic nitrogens is 2. The van der Waals surface area contributed by atoms with E-state index in [1.807, 2.05) is 27.0 Å². The zero-order chi connectivity index (χ0) is 13.9. The maximum absolute atomic E-state index is 12.4. The summed E-state index contributed by atoms with van der Waals surface area (Å²) >= 11 is 7.57. The van der Waals surface area contributed by atoms with Crippen molar-refractivity contribution in [1.82, 2.24) is 9.55 Å². The molecule has 6 heteroatoms. The van der Waals surface area contributed by atoms with Gasteiger partial charge in [-0.25, -0.2) is 4.79 Å². The maximum Gasteiger partial charge on any atom is 0.329 e. The van der Waals surface area contributed by atoms with Gasteiger partial charge < -0.3 is 0 Å². The van der Waals surface area contributed by atoms with Crippen LogP contribution in [0.1, 0.15) is 44.7 Å². The van der Waals surface area contributed by atoms with Gasteiger partial charge in [-0.2, -0.15) is 11.8 Å². The number of aromatic amines is 1. The predicted octanol–water partition coefficient (Wildman–Crippen LogP) is 2.63. The van der Waals surface area contributed by atoms with E-state index in [2.05, 4.69) is 4.98 Å². The number of H-pyrrole nitrogens is 1. The van der Waals surface area contributed by atoms with Crippen molar-refractivity contribution in [3.05, 3.63) is 31.6 Å². The Hall–Kier alpha value is -0.680. The molecule has 18 heavy (non-hydrogen) atoms. The summed E-state index contributed by atoms with van der Waals surface area (Å²) in [4.78, 5) is 26.9. The van der Waals surface area contributed by atoms with Crippen molar-refractivity contribution in [2.45, 2.75) is 39.2 Å². The summed E-state index contributed by atoms with van der Waals surface area (Å²) in [7, 11) is 0. The molecule has 0 bridgehead atoms. The number of thioether (sulfide) groups is 1. The number of rotatable bonds is 5. The lowest BCUT2D eigenvalue weighted by molar-refractivity contribution is 0.491. The first-order chi connectivity index (χ1) is 8.43. The third-order valence-electron chi connectivity index (χ3n) is 2.89. The third kappa shape index (κ3) is 3.01. The van der Waals surface area contributed by atoms with Crippen molar-refractivity contribution in [3.8, 4) is 0 Å². The molecule has 0 radical (unpaired) electrons.